The minimum absolute atomic E-state index is 0.319. The number of nitrogens with two attached hydrogens (primary N) is 1. The molecule has 18 heavy (non-hydrogen) atoms. The largest absolute Gasteiger partial charge is 0.382 e. The molecule has 1 aliphatic carbocycles. The fourth-order valence-corrected chi connectivity index (χ4v) is 2.73. The molecule has 0 aromatic carbocycles. The Bertz CT molecular complexity index is 436. The maximum Gasteiger partial charge on any atom is 0.147 e. The second-order valence-electron chi connectivity index (χ2n) is 5.77. The summed E-state index contributed by atoms with van der Waals surface area (Å²) in [5.41, 5.74) is 6.15. The first-order valence-corrected chi connectivity index (χ1v) is 7.01. The van der Waals surface area contributed by atoms with Gasteiger partial charge in [0.25, 0.3) is 0 Å². The second kappa shape index (κ2) is 5.14. The molecule has 0 amide bonds. The predicted molar refractivity (Wildman–Crippen MR) is 78.3 cm³/mol. The van der Waals surface area contributed by atoms with Crippen molar-refractivity contribution in [2.75, 3.05) is 11.1 Å². The van der Waals surface area contributed by atoms with E-state index in [0.29, 0.717) is 33.1 Å². The first-order valence-electron chi connectivity index (χ1n) is 6.25. The number of hydrogen-bond donors (Lipinski definition) is 2. The Morgan fingerprint density at radius 1 is 1.28 bits per heavy atom. The molecule has 1 fully saturated rings. The molecule has 2 rings (SSSR count). The Labute approximate surface area is 118 Å². The third-order valence-corrected chi connectivity index (χ3v) is 4.23. The normalized spacial score (nSPS) is 19.8. The zero-order valence-electron chi connectivity index (χ0n) is 10.8. The number of hydrogen-bond acceptors (Lipinski definition) is 3. The van der Waals surface area contributed by atoms with Crippen molar-refractivity contribution in [3.05, 3.63) is 16.1 Å². The molecule has 0 bridgehead atoms. The minimum atomic E-state index is 0.319. The van der Waals surface area contributed by atoms with E-state index in [2.05, 4.69) is 24.1 Å². The van der Waals surface area contributed by atoms with Gasteiger partial charge in [0.15, 0.2) is 0 Å². The van der Waals surface area contributed by atoms with E-state index in [-0.39, 0.29) is 0 Å². The number of nitrogen functional groups attached to an aromatic ring is 1. The summed E-state index contributed by atoms with van der Waals surface area (Å²) >= 11 is 12.0. The van der Waals surface area contributed by atoms with Crippen molar-refractivity contribution >= 4 is 34.8 Å². The van der Waals surface area contributed by atoms with E-state index in [0.717, 1.165) is 12.8 Å². The van der Waals surface area contributed by atoms with Gasteiger partial charge in [-0.3, -0.25) is 0 Å². The van der Waals surface area contributed by atoms with E-state index in [4.69, 9.17) is 28.9 Å². The van der Waals surface area contributed by atoms with Crippen molar-refractivity contribution in [3.63, 3.8) is 0 Å². The van der Waals surface area contributed by atoms with Crippen molar-refractivity contribution in [2.45, 2.75) is 45.6 Å². The molecular formula is C13H19Cl2N3. The Balaban J connectivity index is 2.04. The molecule has 0 spiro atoms. The second-order valence-corrected chi connectivity index (χ2v) is 6.58. The van der Waals surface area contributed by atoms with Crippen LogP contribution in [0.5, 0.6) is 0 Å². The fourth-order valence-electron chi connectivity index (χ4n) is 2.32. The average molecular weight is 288 g/mol. The number of nitrogens with zero attached hydrogens (tertiary/aromatic N) is 1. The molecule has 5 heteroatoms. The molecule has 0 unspecified atom stereocenters. The molecule has 0 aliphatic heterocycles. The van der Waals surface area contributed by atoms with Gasteiger partial charge in [-0.15, -0.1) is 0 Å². The molecule has 3 N–H and O–H groups in total. The van der Waals surface area contributed by atoms with Crippen LogP contribution in [0.3, 0.4) is 0 Å². The van der Waals surface area contributed by atoms with E-state index >= 15 is 0 Å². The zero-order chi connectivity index (χ0) is 13.3. The topological polar surface area (TPSA) is 50.9 Å². The lowest BCUT2D eigenvalue weighted by atomic mass is 9.75. The molecular weight excluding hydrogens is 269 g/mol. The Kier molecular flexibility index (Phi) is 3.93. The van der Waals surface area contributed by atoms with Gasteiger partial charge in [-0.2, -0.15) is 0 Å². The minimum Gasteiger partial charge on any atom is -0.382 e. The number of anilines is 2. The number of rotatable bonds is 2. The van der Waals surface area contributed by atoms with Gasteiger partial charge in [0, 0.05) is 6.04 Å². The molecule has 1 aliphatic rings. The SMILES string of the molecule is CC1(C)CCC(Nc2nc(N)c(Cl)cc2Cl)CC1. The van der Waals surface area contributed by atoms with Gasteiger partial charge >= 0.3 is 0 Å². The summed E-state index contributed by atoms with van der Waals surface area (Å²) in [5, 5.41) is 4.30. The van der Waals surface area contributed by atoms with Crippen LogP contribution in [0.4, 0.5) is 11.6 Å². The van der Waals surface area contributed by atoms with Gasteiger partial charge in [0.05, 0.1) is 10.0 Å². The Hall–Kier alpha value is -0.670. The summed E-state index contributed by atoms with van der Waals surface area (Å²) in [6.07, 6.45) is 4.69. The van der Waals surface area contributed by atoms with Crippen molar-refractivity contribution in [2.24, 2.45) is 5.41 Å². The van der Waals surface area contributed by atoms with Gasteiger partial charge < -0.3 is 11.1 Å². The van der Waals surface area contributed by atoms with Crippen LogP contribution in [-0.4, -0.2) is 11.0 Å². The summed E-state index contributed by atoms with van der Waals surface area (Å²) in [5.74, 6) is 0.961. The lowest BCUT2D eigenvalue weighted by molar-refractivity contribution is 0.232. The van der Waals surface area contributed by atoms with Crippen LogP contribution in [0, 0.1) is 5.41 Å². The number of halogens is 2. The highest BCUT2D eigenvalue weighted by atomic mass is 35.5. The third-order valence-electron chi connectivity index (χ3n) is 3.64. The summed E-state index contributed by atoms with van der Waals surface area (Å²) in [6, 6.07) is 2.06. The summed E-state index contributed by atoms with van der Waals surface area (Å²) in [6.45, 7) is 4.63. The highest BCUT2D eigenvalue weighted by Gasteiger charge is 2.27. The molecule has 1 saturated carbocycles. The summed E-state index contributed by atoms with van der Waals surface area (Å²) in [7, 11) is 0. The Morgan fingerprint density at radius 2 is 1.89 bits per heavy atom. The van der Waals surface area contributed by atoms with Crippen LogP contribution >= 0.6 is 23.2 Å². The molecule has 1 heterocycles. The quantitative estimate of drug-likeness (QED) is 0.850. The maximum absolute atomic E-state index is 6.11. The van der Waals surface area contributed by atoms with Crippen LogP contribution in [0.25, 0.3) is 0 Å². The van der Waals surface area contributed by atoms with Crippen LogP contribution in [0.15, 0.2) is 6.07 Å². The first-order chi connectivity index (χ1) is 8.37. The average Bonchev–Trinajstić information content (AvgIpc) is 2.28. The van der Waals surface area contributed by atoms with Gasteiger partial charge in [-0.1, -0.05) is 37.0 Å². The van der Waals surface area contributed by atoms with Crippen molar-refractivity contribution < 1.29 is 0 Å². The smallest absolute Gasteiger partial charge is 0.147 e. The lowest BCUT2D eigenvalue weighted by Crippen LogP contribution is -2.30. The zero-order valence-corrected chi connectivity index (χ0v) is 12.3. The molecule has 1 aromatic rings. The summed E-state index contributed by atoms with van der Waals surface area (Å²) in [4.78, 5) is 4.21. The fraction of sp³-hybridized carbons (Fsp3) is 0.615. The van der Waals surface area contributed by atoms with E-state index in [1.54, 1.807) is 6.07 Å². The Morgan fingerprint density at radius 3 is 2.50 bits per heavy atom. The number of pyridine rings is 1. The lowest BCUT2D eigenvalue weighted by Gasteiger charge is -2.35. The monoisotopic (exact) mass is 287 g/mol. The van der Waals surface area contributed by atoms with E-state index in [1.165, 1.54) is 12.8 Å². The van der Waals surface area contributed by atoms with Crippen LogP contribution in [-0.2, 0) is 0 Å². The third kappa shape index (κ3) is 3.21. The van der Waals surface area contributed by atoms with E-state index < -0.39 is 0 Å². The molecule has 100 valence electrons. The van der Waals surface area contributed by atoms with Crippen molar-refractivity contribution in [1.29, 1.82) is 0 Å². The van der Waals surface area contributed by atoms with Gasteiger partial charge in [-0.25, -0.2) is 4.98 Å². The van der Waals surface area contributed by atoms with Crippen LogP contribution < -0.4 is 11.1 Å². The van der Waals surface area contributed by atoms with Gasteiger partial charge in [0.1, 0.15) is 11.6 Å². The molecule has 0 atom stereocenters. The maximum atomic E-state index is 6.11. The summed E-state index contributed by atoms with van der Waals surface area (Å²) < 4.78 is 0. The highest BCUT2D eigenvalue weighted by Crippen LogP contribution is 2.37. The van der Waals surface area contributed by atoms with Crippen molar-refractivity contribution in [1.82, 2.24) is 4.98 Å². The first kappa shape index (κ1) is 13.8. The van der Waals surface area contributed by atoms with E-state index in [9.17, 15) is 0 Å². The van der Waals surface area contributed by atoms with Gasteiger partial charge in [-0.05, 0) is 37.2 Å². The van der Waals surface area contributed by atoms with Crippen molar-refractivity contribution in [3.8, 4) is 0 Å². The van der Waals surface area contributed by atoms with Gasteiger partial charge in [0.2, 0.25) is 0 Å². The van der Waals surface area contributed by atoms with Crippen LogP contribution in [0.2, 0.25) is 10.0 Å². The number of aromatic nitrogens is 1. The highest BCUT2D eigenvalue weighted by molar-refractivity contribution is 6.37. The molecule has 0 saturated heterocycles. The molecule has 1 aromatic heterocycles. The number of nitrogens with one attached hydrogen (secondary N) is 1. The molecule has 3 nitrogen and oxygen atoms in total. The molecule has 0 radical (unpaired) electrons. The van der Waals surface area contributed by atoms with E-state index in [1.807, 2.05) is 0 Å². The van der Waals surface area contributed by atoms with Crippen LogP contribution in [0.1, 0.15) is 39.5 Å². The standard InChI is InChI=1S/C13H19Cl2N3/c1-13(2)5-3-8(4-6-13)17-12-10(15)7-9(14)11(16)18-12/h7-8H,3-6H2,1-2H3,(H3,16,17,18). The predicted octanol–water partition coefficient (Wildman–Crippen LogP) is 4.35.